The lowest BCUT2D eigenvalue weighted by Crippen LogP contribution is -2.30. The maximum absolute atomic E-state index is 13.1. The molecule has 1 fully saturated rings. The number of nitro groups is 1. The Morgan fingerprint density at radius 2 is 1.94 bits per heavy atom. The summed E-state index contributed by atoms with van der Waals surface area (Å²) >= 11 is 1.42. The Morgan fingerprint density at radius 3 is 2.69 bits per heavy atom. The van der Waals surface area contributed by atoms with Crippen LogP contribution in [0.4, 0.5) is 17.1 Å². The average Bonchev–Trinajstić information content (AvgIpc) is 3.46. The lowest BCUT2D eigenvalue weighted by molar-refractivity contribution is -0.384. The first-order valence-electron chi connectivity index (χ1n) is 11.6. The Labute approximate surface area is 205 Å². The van der Waals surface area contributed by atoms with Gasteiger partial charge in [-0.05, 0) is 49.9 Å². The van der Waals surface area contributed by atoms with Crippen LogP contribution < -0.4 is 10.2 Å². The average molecular weight is 492 g/mol. The van der Waals surface area contributed by atoms with Gasteiger partial charge in [0.25, 0.3) is 11.6 Å². The topological polar surface area (TPSA) is 119 Å². The molecular formula is C24H25N7O3S. The van der Waals surface area contributed by atoms with Gasteiger partial charge in [-0.1, -0.05) is 30.4 Å². The number of nitrogens with zero attached hydrogens (tertiary/aromatic N) is 6. The van der Waals surface area contributed by atoms with E-state index in [9.17, 15) is 14.9 Å². The van der Waals surface area contributed by atoms with E-state index in [0.29, 0.717) is 16.3 Å². The van der Waals surface area contributed by atoms with Crippen molar-refractivity contribution in [2.45, 2.75) is 39.5 Å². The largest absolute Gasteiger partial charge is 0.366 e. The third-order valence-corrected chi connectivity index (χ3v) is 7.18. The number of aryl methyl sites for hydroxylation is 2. The maximum Gasteiger partial charge on any atom is 0.293 e. The summed E-state index contributed by atoms with van der Waals surface area (Å²) in [6.07, 6.45) is 3.88. The Morgan fingerprint density at radius 1 is 1.14 bits per heavy atom. The van der Waals surface area contributed by atoms with Crippen LogP contribution in [0.5, 0.6) is 0 Å². The molecule has 2 aromatic heterocycles. The normalized spacial score (nSPS) is 13.8. The molecule has 0 radical (unpaired) electrons. The molecule has 1 N–H and O–H groups in total. The van der Waals surface area contributed by atoms with Gasteiger partial charge in [-0.25, -0.2) is 0 Å². The van der Waals surface area contributed by atoms with E-state index in [1.165, 1.54) is 17.4 Å². The number of rotatable bonds is 6. The van der Waals surface area contributed by atoms with Crippen molar-refractivity contribution in [3.8, 4) is 10.6 Å². The van der Waals surface area contributed by atoms with Crippen molar-refractivity contribution in [1.82, 2.24) is 19.8 Å². The molecule has 1 aliphatic heterocycles. The zero-order chi connectivity index (χ0) is 24.5. The van der Waals surface area contributed by atoms with Crippen LogP contribution in [0.3, 0.4) is 0 Å². The number of carbonyl (C=O) groups excluding carboxylic acids is 1. The molecule has 11 heteroatoms. The summed E-state index contributed by atoms with van der Waals surface area (Å²) in [7, 11) is 0. The molecular weight excluding hydrogens is 466 g/mol. The van der Waals surface area contributed by atoms with E-state index in [1.807, 2.05) is 36.9 Å². The maximum atomic E-state index is 13.1. The van der Waals surface area contributed by atoms with Gasteiger partial charge in [-0.3, -0.25) is 14.9 Å². The van der Waals surface area contributed by atoms with Gasteiger partial charge >= 0.3 is 0 Å². The molecule has 5 rings (SSSR count). The lowest BCUT2D eigenvalue weighted by atomic mass is 10.1. The number of aromatic nitrogens is 4. The third kappa shape index (κ3) is 4.46. The van der Waals surface area contributed by atoms with E-state index in [-0.39, 0.29) is 11.3 Å². The fourth-order valence-electron chi connectivity index (χ4n) is 4.29. The van der Waals surface area contributed by atoms with E-state index in [0.717, 1.165) is 60.7 Å². The molecule has 0 spiro atoms. The van der Waals surface area contributed by atoms with Gasteiger partial charge in [-0.2, -0.15) is 9.61 Å². The van der Waals surface area contributed by atoms with E-state index in [4.69, 9.17) is 0 Å². The number of anilines is 2. The minimum Gasteiger partial charge on any atom is -0.366 e. The highest BCUT2D eigenvalue weighted by molar-refractivity contribution is 7.19. The molecule has 0 bridgehead atoms. The molecule has 4 aromatic rings. The van der Waals surface area contributed by atoms with Crippen molar-refractivity contribution in [3.63, 3.8) is 0 Å². The molecule has 0 unspecified atom stereocenters. The second-order valence-electron chi connectivity index (χ2n) is 8.56. The molecule has 1 aliphatic rings. The van der Waals surface area contributed by atoms with E-state index in [1.54, 1.807) is 16.6 Å². The first-order chi connectivity index (χ1) is 16.9. The Hall–Kier alpha value is -3.86. The van der Waals surface area contributed by atoms with Crippen LogP contribution in [0.2, 0.25) is 0 Å². The van der Waals surface area contributed by atoms with Crippen LogP contribution in [0, 0.1) is 17.0 Å². The number of carbonyl (C=O) groups is 1. The highest BCUT2D eigenvalue weighted by Crippen LogP contribution is 2.33. The van der Waals surface area contributed by atoms with Crippen molar-refractivity contribution >= 4 is 39.3 Å². The summed E-state index contributed by atoms with van der Waals surface area (Å²) in [4.78, 5) is 27.2. The molecule has 1 saturated heterocycles. The van der Waals surface area contributed by atoms with Gasteiger partial charge in [-0.15, -0.1) is 10.2 Å². The van der Waals surface area contributed by atoms with Gasteiger partial charge in [0.1, 0.15) is 10.7 Å². The Balaban J connectivity index is 1.41. The third-order valence-electron chi connectivity index (χ3n) is 6.24. The number of hydrogen-bond acceptors (Lipinski definition) is 8. The molecule has 10 nitrogen and oxygen atoms in total. The standard InChI is InChI=1S/C24H25N7O3S/c1-3-21-26-27-24-30(21)28-23(35-24)17-8-7-15(2)18(13-17)25-22(32)16-9-10-19(20(14-16)31(33)34)29-11-5-4-6-12-29/h7-10,13-14H,3-6,11-12H2,1-2H3,(H,25,32). The number of nitro benzene ring substituents is 1. The van der Waals surface area contributed by atoms with Crippen LogP contribution in [0.15, 0.2) is 36.4 Å². The predicted octanol–water partition coefficient (Wildman–Crippen LogP) is 4.87. The fourth-order valence-corrected chi connectivity index (χ4v) is 5.15. The molecule has 35 heavy (non-hydrogen) atoms. The van der Waals surface area contributed by atoms with Crippen LogP contribution in [-0.2, 0) is 6.42 Å². The van der Waals surface area contributed by atoms with Gasteiger partial charge in [0.15, 0.2) is 5.82 Å². The van der Waals surface area contributed by atoms with Crippen molar-refractivity contribution in [1.29, 1.82) is 0 Å². The summed E-state index contributed by atoms with van der Waals surface area (Å²) < 4.78 is 1.74. The summed E-state index contributed by atoms with van der Waals surface area (Å²) in [5, 5.41) is 28.4. The van der Waals surface area contributed by atoms with E-state index >= 15 is 0 Å². The quantitative estimate of drug-likeness (QED) is 0.302. The van der Waals surface area contributed by atoms with Crippen LogP contribution in [0.25, 0.3) is 15.5 Å². The Bertz CT molecular complexity index is 1420. The SMILES string of the molecule is CCc1nnc2sc(-c3ccc(C)c(NC(=O)c4ccc(N5CCCCC5)c([N+](=O)[O-])c4)c3)nn12. The smallest absolute Gasteiger partial charge is 0.293 e. The van der Waals surface area contributed by atoms with Crippen LogP contribution in [0.1, 0.15) is 47.9 Å². The zero-order valence-electron chi connectivity index (χ0n) is 19.5. The first kappa shape index (κ1) is 22.9. The van der Waals surface area contributed by atoms with Gasteiger partial charge < -0.3 is 10.2 Å². The van der Waals surface area contributed by atoms with Crippen molar-refractivity contribution in [3.05, 3.63) is 63.5 Å². The number of fused-ring (bicyclic) bond motifs is 1. The van der Waals surface area contributed by atoms with E-state index < -0.39 is 10.8 Å². The zero-order valence-corrected chi connectivity index (χ0v) is 20.3. The number of amides is 1. The highest BCUT2D eigenvalue weighted by Gasteiger charge is 2.23. The molecule has 0 atom stereocenters. The summed E-state index contributed by atoms with van der Waals surface area (Å²) in [6, 6.07) is 10.4. The minimum absolute atomic E-state index is 0.0449. The van der Waals surface area contributed by atoms with Crippen LogP contribution in [-0.4, -0.2) is 43.7 Å². The van der Waals surface area contributed by atoms with Gasteiger partial charge in [0.2, 0.25) is 4.96 Å². The molecule has 180 valence electrons. The Kier molecular flexibility index (Phi) is 6.16. The molecule has 0 aliphatic carbocycles. The minimum atomic E-state index is -0.412. The summed E-state index contributed by atoms with van der Waals surface area (Å²) in [5.41, 5.74) is 3.11. The van der Waals surface area contributed by atoms with Gasteiger partial charge in [0.05, 0.1) is 4.92 Å². The van der Waals surface area contributed by atoms with Crippen LogP contribution >= 0.6 is 11.3 Å². The number of piperidine rings is 1. The lowest BCUT2D eigenvalue weighted by Gasteiger charge is -2.28. The summed E-state index contributed by atoms with van der Waals surface area (Å²) in [5.74, 6) is 0.391. The summed E-state index contributed by atoms with van der Waals surface area (Å²) in [6.45, 7) is 5.47. The van der Waals surface area contributed by atoms with Crippen molar-refractivity contribution in [2.24, 2.45) is 0 Å². The molecule has 3 heterocycles. The van der Waals surface area contributed by atoms with E-state index in [2.05, 4.69) is 20.6 Å². The van der Waals surface area contributed by atoms with Crippen molar-refractivity contribution < 1.29 is 9.72 Å². The van der Waals surface area contributed by atoms with Crippen molar-refractivity contribution in [2.75, 3.05) is 23.3 Å². The molecule has 1 amide bonds. The number of benzene rings is 2. The predicted molar refractivity (Wildman–Crippen MR) is 135 cm³/mol. The second kappa shape index (κ2) is 9.41. The molecule has 2 aromatic carbocycles. The number of nitrogens with one attached hydrogen (secondary N) is 1. The van der Waals surface area contributed by atoms with Gasteiger partial charge in [0, 0.05) is 42.4 Å². The first-order valence-corrected chi connectivity index (χ1v) is 12.4. The fraction of sp³-hybridized carbons (Fsp3) is 0.333. The monoisotopic (exact) mass is 491 g/mol. The number of hydrogen-bond donors (Lipinski definition) is 1. The highest BCUT2D eigenvalue weighted by atomic mass is 32.1. The second-order valence-corrected chi connectivity index (χ2v) is 9.52. The molecule has 0 saturated carbocycles.